The SMILES string of the molecule is CCCO[Si](CC)OC(C)=O. The van der Waals surface area contributed by atoms with Crippen molar-refractivity contribution in [1.29, 1.82) is 0 Å². The summed E-state index contributed by atoms with van der Waals surface area (Å²) in [5.74, 6) is -0.239. The highest BCUT2D eigenvalue weighted by atomic mass is 28.3. The van der Waals surface area contributed by atoms with Crippen LogP contribution in [0.5, 0.6) is 0 Å². The zero-order valence-electron chi connectivity index (χ0n) is 7.35. The Hall–Kier alpha value is -0.353. The standard InChI is InChI=1S/C7H15O3Si/c1-4-6-9-11(5-2)10-7(3)8/h4-6H2,1-3H3. The fraction of sp³-hybridized carbons (Fsp3) is 0.857. The Morgan fingerprint density at radius 1 is 1.45 bits per heavy atom. The molecule has 0 heterocycles. The maximum atomic E-state index is 10.5. The van der Waals surface area contributed by atoms with E-state index in [2.05, 4.69) is 0 Å². The summed E-state index contributed by atoms with van der Waals surface area (Å²) in [7, 11) is -1.30. The normalized spacial score (nSPS) is 10.2. The molecule has 0 aliphatic heterocycles. The van der Waals surface area contributed by atoms with E-state index in [0.717, 1.165) is 12.5 Å². The molecule has 4 heteroatoms. The second kappa shape index (κ2) is 6.36. The molecule has 0 aromatic rings. The Kier molecular flexibility index (Phi) is 6.16. The number of carbonyl (C=O) groups excluding carboxylic acids is 1. The first-order valence-electron chi connectivity index (χ1n) is 3.87. The van der Waals surface area contributed by atoms with Gasteiger partial charge in [0.25, 0.3) is 5.97 Å². The average molecular weight is 175 g/mol. The molecule has 0 saturated carbocycles. The first kappa shape index (κ1) is 10.6. The average Bonchev–Trinajstić information content (AvgIpc) is 1.97. The van der Waals surface area contributed by atoms with E-state index in [4.69, 9.17) is 8.85 Å². The van der Waals surface area contributed by atoms with E-state index in [1.54, 1.807) is 0 Å². The van der Waals surface area contributed by atoms with Crippen LogP contribution in [-0.4, -0.2) is 21.9 Å². The Bertz CT molecular complexity index is 116. The lowest BCUT2D eigenvalue weighted by atomic mass is 10.5. The van der Waals surface area contributed by atoms with E-state index in [-0.39, 0.29) is 5.97 Å². The van der Waals surface area contributed by atoms with Crippen LogP contribution in [0.4, 0.5) is 0 Å². The minimum Gasteiger partial charge on any atom is -0.492 e. The summed E-state index contributed by atoms with van der Waals surface area (Å²) < 4.78 is 10.3. The molecule has 0 aliphatic rings. The third-order valence-electron chi connectivity index (χ3n) is 1.01. The second-order valence-electron chi connectivity index (χ2n) is 2.17. The van der Waals surface area contributed by atoms with Crippen LogP contribution in [0, 0.1) is 0 Å². The van der Waals surface area contributed by atoms with Crippen molar-refractivity contribution in [2.75, 3.05) is 6.61 Å². The summed E-state index contributed by atoms with van der Waals surface area (Å²) >= 11 is 0. The van der Waals surface area contributed by atoms with Gasteiger partial charge in [0, 0.05) is 19.6 Å². The maximum absolute atomic E-state index is 10.5. The van der Waals surface area contributed by atoms with Crippen molar-refractivity contribution in [1.82, 2.24) is 0 Å². The van der Waals surface area contributed by atoms with Gasteiger partial charge in [-0.3, -0.25) is 4.79 Å². The largest absolute Gasteiger partial charge is 0.492 e. The van der Waals surface area contributed by atoms with Gasteiger partial charge in [-0.2, -0.15) is 0 Å². The monoisotopic (exact) mass is 175 g/mol. The predicted octanol–water partition coefficient (Wildman–Crippen LogP) is 1.48. The molecule has 0 unspecified atom stereocenters. The Morgan fingerprint density at radius 2 is 2.09 bits per heavy atom. The van der Waals surface area contributed by atoms with Crippen molar-refractivity contribution in [3.05, 3.63) is 0 Å². The van der Waals surface area contributed by atoms with Crippen molar-refractivity contribution >= 4 is 15.3 Å². The molecular weight excluding hydrogens is 160 g/mol. The van der Waals surface area contributed by atoms with Crippen molar-refractivity contribution in [2.45, 2.75) is 33.2 Å². The summed E-state index contributed by atoms with van der Waals surface area (Å²) in [6, 6.07) is 0.810. The van der Waals surface area contributed by atoms with Gasteiger partial charge in [-0.15, -0.1) is 0 Å². The van der Waals surface area contributed by atoms with Crippen LogP contribution in [0.1, 0.15) is 27.2 Å². The molecule has 0 atom stereocenters. The smallest absolute Gasteiger partial charge is 0.459 e. The van der Waals surface area contributed by atoms with Crippen molar-refractivity contribution in [2.24, 2.45) is 0 Å². The molecule has 65 valence electrons. The van der Waals surface area contributed by atoms with E-state index < -0.39 is 9.28 Å². The van der Waals surface area contributed by atoms with Gasteiger partial charge in [0.05, 0.1) is 0 Å². The van der Waals surface area contributed by atoms with Gasteiger partial charge in [0.15, 0.2) is 0 Å². The van der Waals surface area contributed by atoms with Gasteiger partial charge in [-0.05, 0) is 6.42 Å². The third-order valence-corrected chi connectivity index (χ3v) is 2.63. The van der Waals surface area contributed by atoms with Crippen LogP contribution < -0.4 is 0 Å². The van der Waals surface area contributed by atoms with Gasteiger partial charge in [-0.1, -0.05) is 13.8 Å². The number of hydrogen-bond donors (Lipinski definition) is 0. The molecule has 0 bridgehead atoms. The Balaban J connectivity index is 3.49. The molecular formula is C7H15O3Si. The minimum atomic E-state index is -1.30. The summed E-state index contributed by atoms with van der Waals surface area (Å²) in [6.07, 6.45) is 0.968. The summed E-state index contributed by atoms with van der Waals surface area (Å²) in [5, 5.41) is 0. The minimum absolute atomic E-state index is 0.239. The first-order valence-corrected chi connectivity index (χ1v) is 5.40. The van der Waals surface area contributed by atoms with Crippen LogP contribution in [0.25, 0.3) is 0 Å². The molecule has 3 nitrogen and oxygen atoms in total. The van der Waals surface area contributed by atoms with E-state index in [1.165, 1.54) is 6.92 Å². The lowest BCUT2D eigenvalue weighted by Crippen LogP contribution is -2.24. The Morgan fingerprint density at radius 3 is 2.45 bits per heavy atom. The van der Waals surface area contributed by atoms with E-state index in [0.29, 0.717) is 6.61 Å². The molecule has 0 aliphatic carbocycles. The van der Waals surface area contributed by atoms with Gasteiger partial charge in [0.2, 0.25) is 0 Å². The highest BCUT2D eigenvalue weighted by molar-refractivity contribution is 6.46. The van der Waals surface area contributed by atoms with Crippen LogP contribution in [0.3, 0.4) is 0 Å². The fourth-order valence-corrected chi connectivity index (χ4v) is 1.74. The number of carbonyl (C=O) groups is 1. The van der Waals surface area contributed by atoms with Gasteiger partial charge in [-0.25, -0.2) is 0 Å². The lowest BCUT2D eigenvalue weighted by molar-refractivity contribution is -0.133. The molecule has 0 spiro atoms. The predicted molar refractivity (Wildman–Crippen MR) is 44.2 cm³/mol. The molecule has 1 radical (unpaired) electrons. The van der Waals surface area contributed by atoms with E-state index >= 15 is 0 Å². The molecule has 11 heavy (non-hydrogen) atoms. The van der Waals surface area contributed by atoms with E-state index in [1.807, 2.05) is 13.8 Å². The third kappa shape index (κ3) is 6.06. The quantitative estimate of drug-likeness (QED) is 0.594. The van der Waals surface area contributed by atoms with Crippen molar-refractivity contribution in [3.8, 4) is 0 Å². The van der Waals surface area contributed by atoms with Gasteiger partial charge < -0.3 is 8.85 Å². The molecule has 0 rings (SSSR count). The molecule has 0 aromatic carbocycles. The molecule has 0 N–H and O–H groups in total. The van der Waals surface area contributed by atoms with E-state index in [9.17, 15) is 4.79 Å². The highest BCUT2D eigenvalue weighted by Gasteiger charge is 2.15. The van der Waals surface area contributed by atoms with Crippen LogP contribution >= 0.6 is 0 Å². The molecule has 0 aromatic heterocycles. The number of hydrogen-bond acceptors (Lipinski definition) is 3. The molecule has 0 saturated heterocycles. The first-order chi connectivity index (χ1) is 5.20. The molecule has 0 amide bonds. The summed E-state index contributed by atoms with van der Waals surface area (Å²) in [4.78, 5) is 10.5. The van der Waals surface area contributed by atoms with Crippen molar-refractivity contribution in [3.63, 3.8) is 0 Å². The van der Waals surface area contributed by atoms with Gasteiger partial charge in [0.1, 0.15) is 0 Å². The number of rotatable bonds is 5. The second-order valence-corrected chi connectivity index (χ2v) is 4.11. The highest BCUT2D eigenvalue weighted by Crippen LogP contribution is 1.97. The zero-order chi connectivity index (χ0) is 8.69. The van der Waals surface area contributed by atoms with Crippen molar-refractivity contribution < 1.29 is 13.6 Å². The fourth-order valence-electron chi connectivity index (χ4n) is 0.580. The zero-order valence-corrected chi connectivity index (χ0v) is 8.35. The summed E-state index contributed by atoms with van der Waals surface area (Å²) in [5.41, 5.74) is 0. The topological polar surface area (TPSA) is 35.5 Å². The lowest BCUT2D eigenvalue weighted by Gasteiger charge is -2.10. The van der Waals surface area contributed by atoms with Gasteiger partial charge >= 0.3 is 9.28 Å². The van der Waals surface area contributed by atoms with Crippen LogP contribution in [0.15, 0.2) is 0 Å². The maximum Gasteiger partial charge on any atom is 0.459 e. The van der Waals surface area contributed by atoms with Crippen LogP contribution in [-0.2, 0) is 13.6 Å². The van der Waals surface area contributed by atoms with Crippen LogP contribution in [0.2, 0.25) is 6.04 Å². The molecule has 0 fully saturated rings. The summed E-state index contributed by atoms with van der Waals surface area (Å²) in [6.45, 7) is 6.10. The Labute approximate surface area is 69.5 Å².